The van der Waals surface area contributed by atoms with E-state index in [0.29, 0.717) is 24.4 Å². The molecule has 3 atom stereocenters. The molecule has 1 aromatic rings. The molecule has 8 heteroatoms. The average molecular weight is 288 g/mol. The third-order valence-electron chi connectivity index (χ3n) is 3.37. The average Bonchev–Trinajstić information content (AvgIpc) is 2.67. The first kappa shape index (κ1) is 14.4. The van der Waals surface area contributed by atoms with Crippen LogP contribution >= 0.6 is 0 Å². The van der Waals surface area contributed by atoms with Crippen molar-refractivity contribution in [2.45, 2.75) is 50.3 Å². The maximum absolute atomic E-state index is 12.4. The smallest absolute Gasteiger partial charge is 0.244 e. The summed E-state index contributed by atoms with van der Waals surface area (Å²) in [6, 6.07) is -0.586. The standard InChI is InChI=1S/C11H20N4O3S/c1-4-18-9-5-8(12)10(9)15-19(16,17)11-6(2)13-14-7(11)3/h8-10,15H,4-5,12H2,1-3H3,(H,13,14). The van der Waals surface area contributed by atoms with Crippen molar-refractivity contribution in [3.8, 4) is 0 Å². The molecule has 0 saturated heterocycles. The molecule has 1 aliphatic rings. The lowest BCUT2D eigenvalue weighted by Gasteiger charge is -2.42. The Kier molecular flexibility index (Phi) is 3.95. The predicted molar refractivity (Wildman–Crippen MR) is 70.2 cm³/mol. The van der Waals surface area contributed by atoms with Gasteiger partial charge in [-0.2, -0.15) is 5.10 Å². The maximum atomic E-state index is 12.4. The van der Waals surface area contributed by atoms with E-state index in [1.165, 1.54) is 0 Å². The topological polar surface area (TPSA) is 110 Å². The summed E-state index contributed by atoms with van der Waals surface area (Å²) in [5, 5.41) is 6.57. The van der Waals surface area contributed by atoms with Gasteiger partial charge in [0.1, 0.15) is 4.90 Å². The number of aryl methyl sites for hydroxylation is 2. The van der Waals surface area contributed by atoms with E-state index in [4.69, 9.17) is 10.5 Å². The van der Waals surface area contributed by atoms with Crippen molar-refractivity contribution in [1.29, 1.82) is 0 Å². The number of nitrogens with one attached hydrogen (secondary N) is 2. The van der Waals surface area contributed by atoms with Crippen LogP contribution in [0.3, 0.4) is 0 Å². The van der Waals surface area contributed by atoms with Crippen LogP contribution in [0.5, 0.6) is 0 Å². The van der Waals surface area contributed by atoms with Gasteiger partial charge in [0.2, 0.25) is 10.0 Å². The van der Waals surface area contributed by atoms with Crippen molar-refractivity contribution < 1.29 is 13.2 Å². The number of sulfonamides is 1. The number of nitrogens with zero attached hydrogens (tertiary/aromatic N) is 1. The minimum atomic E-state index is -3.63. The normalized spacial score (nSPS) is 27.3. The van der Waals surface area contributed by atoms with Gasteiger partial charge in [0.15, 0.2) is 0 Å². The van der Waals surface area contributed by atoms with E-state index in [1.54, 1.807) is 13.8 Å². The zero-order valence-electron chi connectivity index (χ0n) is 11.3. The third-order valence-corrected chi connectivity index (χ3v) is 5.09. The van der Waals surface area contributed by atoms with Gasteiger partial charge in [-0.3, -0.25) is 5.10 Å². The molecular weight excluding hydrogens is 268 g/mol. The van der Waals surface area contributed by atoms with E-state index >= 15 is 0 Å². The molecule has 0 bridgehead atoms. The van der Waals surface area contributed by atoms with E-state index in [1.807, 2.05) is 6.92 Å². The van der Waals surface area contributed by atoms with Gasteiger partial charge in [0.25, 0.3) is 0 Å². The maximum Gasteiger partial charge on any atom is 0.244 e. The van der Waals surface area contributed by atoms with Gasteiger partial charge in [-0.25, -0.2) is 13.1 Å². The second kappa shape index (κ2) is 5.20. The third kappa shape index (κ3) is 2.66. The molecule has 19 heavy (non-hydrogen) atoms. The molecule has 1 aliphatic carbocycles. The summed E-state index contributed by atoms with van der Waals surface area (Å²) in [6.07, 6.45) is 0.520. The van der Waals surface area contributed by atoms with Crippen LogP contribution in [0.2, 0.25) is 0 Å². The fourth-order valence-electron chi connectivity index (χ4n) is 2.37. The van der Waals surface area contributed by atoms with Crippen LogP contribution in [-0.4, -0.2) is 43.4 Å². The lowest BCUT2D eigenvalue weighted by molar-refractivity contribution is -0.0248. The van der Waals surface area contributed by atoms with Gasteiger partial charge in [-0.1, -0.05) is 0 Å². The highest BCUT2D eigenvalue weighted by molar-refractivity contribution is 7.89. The highest BCUT2D eigenvalue weighted by atomic mass is 32.2. The molecule has 0 aliphatic heterocycles. The number of rotatable bonds is 5. The summed E-state index contributed by atoms with van der Waals surface area (Å²) >= 11 is 0. The molecule has 3 unspecified atom stereocenters. The second-order valence-electron chi connectivity index (χ2n) is 4.80. The van der Waals surface area contributed by atoms with Crippen LogP contribution in [0, 0.1) is 13.8 Å². The van der Waals surface area contributed by atoms with Crippen molar-refractivity contribution in [2.75, 3.05) is 6.61 Å². The number of ether oxygens (including phenoxy) is 1. The van der Waals surface area contributed by atoms with Crippen molar-refractivity contribution in [3.63, 3.8) is 0 Å². The summed E-state index contributed by atoms with van der Waals surface area (Å²) in [7, 11) is -3.63. The number of H-pyrrole nitrogens is 1. The van der Waals surface area contributed by atoms with Crippen molar-refractivity contribution >= 4 is 10.0 Å². The fraction of sp³-hybridized carbons (Fsp3) is 0.727. The van der Waals surface area contributed by atoms with Crippen LogP contribution in [0.1, 0.15) is 24.7 Å². The molecule has 0 spiro atoms. The summed E-state index contributed by atoms with van der Waals surface area (Å²) in [5.41, 5.74) is 6.82. The van der Waals surface area contributed by atoms with Crippen molar-refractivity contribution in [1.82, 2.24) is 14.9 Å². The Morgan fingerprint density at radius 3 is 2.68 bits per heavy atom. The fourth-order valence-corrected chi connectivity index (χ4v) is 4.05. The number of aromatic amines is 1. The minimum Gasteiger partial charge on any atom is -0.377 e. The zero-order valence-corrected chi connectivity index (χ0v) is 12.1. The van der Waals surface area contributed by atoms with Crippen LogP contribution in [0.4, 0.5) is 0 Å². The van der Waals surface area contributed by atoms with Gasteiger partial charge in [-0.15, -0.1) is 0 Å². The first-order chi connectivity index (χ1) is 8.86. The molecule has 0 amide bonds. The first-order valence-electron chi connectivity index (χ1n) is 6.28. The Labute approximate surface area is 113 Å². The summed E-state index contributed by atoms with van der Waals surface area (Å²) in [5.74, 6) is 0. The minimum absolute atomic E-state index is 0.151. The SMILES string of the molecule is CCOC1CC(N)C1NS(=O)(=O)c1c(C)n[nH]c1C. The molecular formula is C11H20N4O3S. The second-order valence-corrected chi connectivity index (χ2v) is 6.45. The van der Waals surface area contributed by atoms with Gasteiger partial charge in [-0.05, 0) is 27.2 Å². The van der Waals surface area contributed by atoms with Crippen molar-refractivity contribution in [3.05, 3.63) is 11.4 Å². The van der Waals surface area contributed by atoms with Gasteiger partial charge in [0.05, 0.1) is 23.5 Å². The van der Waals surface area contributed by atoms with Crippen LogP contribution in [0.25, 0.3) is 0 Å². The highest BCUT2D eigenvalue weighted by Crippen LogP contribution is 2.25. The Morgan fingerprint density at radius 1 is 1.53 bits per heavy atom. The largest absolute Gasteiger partial charge is 0.377 e. The number of aromatic nitrogens is 2. The highest BCUT2D eigenvalue weighted by Gasteiger charge is 2.42. The summed E-state index contributed by atoms with van der Waals surface area (Å²) < 4.78 is 32.8. The van der Waals surface area contributed by atoms with E-state index in [9.17, 15) is 8.42 Å². The Balaban J connectivity index is 2.18. The van der Waals surface area contributed by atoms with Crippen LogP contribution in [0.15, 0.2) is 4.90 Å². The monoisotopic (exact) mass is 288 g/mol. The molecule has 1 saturated carbocycles. The van der Waals surface area contributed by atoms with Crippen LogP contribution in [-0.2, 0) is 14.8 Å². The Bertz CT molecular complexity index is 533. The molecule has 0 radical (unpaired) electrons. The molecule has 0 aromatic carbocycles. The predicted octanol–water partition coefficient (Wildman–Crippen LogP) is -0.190. The van der Waals surface area contributed by atoms with E-state index in [-0.39, 0.29) is 23.1 Å². The Morgan fingerprint density at radius 2 is 2.21 bits per heavy atom. The molecule has 1 fully saturated rings. The lowest BCUT2D eigenvalue weighted by atomic mass is 9.84. The number of hydrogen-bond donors (Lipinski definition) is 3. The van der Waals surface area contributed by atoms with Gasteiger partial charge >= 0.3 is 0 Å². The summed E-state index contributed by atoms with van der Waals surface area (Å²) in [6.45, 7) is 5.74. The number of hydrogen-bond acceptors (Lipinski definition) is 5. The van der Waals surface area contributed by atoms with E-state index in [2.05, 4.69) is 14.9 Å². The van der Waals surface area contributed by atoms with E-state index in [0.717, 1.165) is 0 Å². The Hall–Kier alpha value is -0.960. The van der Waals surface area contributed by atoms with Gasteiger partial charge < -0.3 is 10.5 Å². The molecule has 1 aromatic heterocycles. The molecule has 2 rings (SSSR count). The lowest BCUT2D eigenvalue weighted by Crippen LogP contribution is -2.64. The zero-order chi connectivity index (χ0) is 14.2. The molecule has 108 valence electrons. The molecule has 1 heterocycles. The quantitative estimate of drug-likeness (QED) is 0.695. The van der Waals surface area contributed by atoms with Gasteiger partial charge in [0, 0.05) is 12.6 Å². The first-order valence-corrected chi connectivity index (χ1v) is 7.76. The van der Waals surface area contributed by atoms with E-state index < -0.39 is 10.0 Å². The molecule has 7 nitrogen and oxygen atoms in total. The number of nitrogens with two attached hydrogens (primary N) is 1. The molecule has 4 N–H and O–H groups in total. The van der Waals surface area contributed by atoms with Crippen LogP contribution < -0.4 is 10.5 Å². The summed E-state index contributed by atoms with van der Waals surface area (Å²) in [4.78, 5) is 0.196. The van der Waals surface area contributed by atoms with Crippen molar-refractivity contribution in [2.24, 2.45) is 5.73 Å².